The van der Waals surface area contributed by atoms with Crippen LogP contribution in [-0.4, -0.2) is 49.6 Å². The van der Waals surface area contributed by atoms with E-state index in [1.54, 1.807) is 30.5 Å². The molecule has 1 saturated heterocycles. The molecule has 5 heterocycles. The van der Waals surface area contributed by atoms with Gasteiger partial charge in [-0.05, 0) is 56.4 Å². The third-order valence-electron chi connectivity index (χ3n) is 8.19. The number of piperidine rings is 1. The average molecular weight is 604 g/mol. The monoisotopic (exact) mass is 603 g/mol. The van der Waals surface area contributed by atoms with E-state index in [1.807, 2.05) is 9.58 Å². The van der Waals surface area contributed by atoms with Gasteiger partial charge in [-0.1, -0.05) is 30.7 Å². The molecule has 3 N–H and O–H groups in total. The summed E-state index contributed by atoms with van der Waals surface area (Å²) in [6.07, 6.45) is 8.40. The van der Waals surface area contributed by atoms with Gasteiger partial charge < -0.3 is 16.0 Å². The van der Waals surface area contributed by atoms with Crippen LogP contribution in [0.2, 0.25) is 0 Å². The summed E-state index contributed by atoms with van der Waals surface area (Å²) in [6, 6.07) is 8.18. The largest absolute Gasteiger partial charge is 0.416 e. The maximum absolute atomic E-state index is 13.1. The van der Waals surface area contributed by atoms with E-state index in [4.69, 9.17) is 10.8 Å². The fourth-order valence-corrected chi connectivity index (χ4v) is 5.91. The number of aromatic nitrogens is 4. The standard InChI is InChI=1S/C32H32F3N7O2/c33-32(34,35)23-14-15-37-25(17-23)39-31(44)21-12-10-20(11-13-21)28-27-29-22(18-38-30(27)36)7-4-2-1-3-5-9-26(43)41-16-6-8-24(19-41)42(29)40-28/h4,7,10-15,17-18,24H,1-3,5-6,8-9,16,19H2,(H2,36,38)(H,37,39,44)/b7-4+/t24-/m1/s1. The zero-order chi connectivity index (χ0) is 30.8. The van der Waals surface area contributed by atoms with Crippen molar-refractivity contribution in [2.45, 2.75) is 57.2 Å². The second kappa shape index (κ2) is 12.1. The molecule has 0 unspecified atom stereocenters. The predicted molar refractivity (Wildman–Crippen MR) is 162 cm³/mol. The Bertz CT molecular complexity index is 1730. The number of hydrogen-bond donors (Lipinski definition) is 2. The van der Waals surface area contributed by atoms with Crippen LogP contribution in [-0.2, 0) is 11.0 Å². The lowest BCUT2D eigenvalue weighted by atomic mass is 10.0. The van der Waals surface area contributed by atoms with Gasteiger partial charge in [0.15, 0.2) is 0 Å². The van der Waals surface area contributed by atoms with Crippen LogP contribution < -0.4 is 11.1 Å². The van der Waals surface area contributed by atoms with Crippen LogP contribution in [0.4, 0.5) is 24.8 Å². The predicted octanol–water partition coefficient (Wildman–Crippen LogP) is 6.49. The van der Waals surface area contributed by atoms with Gasteiger partial charge >= 0.3 is 6.18 Å². The second-order valence-corrected chi connectivity index (χ2v) is 11.2. The number of carbonyl (C=O) groups excluding carboxylic acids is 2. The third kappa shape index (κ3) is 6.01. The number of nitrogens with two attached hydrogens (primary N) is 1. The minimum absolute atomic E-state index is 0.0501. The molecule has 2 aliphatic heterocycles. The number of halogens is 3. The fraction of sp³-hybridized carbons (Fsp3) is 0.344. The Morgan fingerprint density at radius 2 is 1.86 bits per heavy atom. The third-order valence-corrected chi connectivity index (χ3v) is 8.19. The summed E-state index contributed by atoms with van der Waals surface area (Å²) < 4.78 is 41.2. The number of carbonyl (C=O) groups is 2. The summed E-state index contributed by atoms with van der Waals surface area (Å²) in [7, 11) is 0. The fourth-order valence-electron chi connectivity index (χ4n) is 5.91. The van der Waals surface area contributed by atoms with Crippen LogP contribution in [0.15, 0.2) is 54.9 Å². The first kappa shape index (κ1) is 29.3. The number of benzene rings is 1. The Labute approximate surface area is 252 Å². The van der Waals surface area contributed by atoms with Crippen LogP contribution in [0.25, 0.3) is 28.2 Å². The number of anilines is 2. The van der Waals surface area contributed by atoms with E-state index >= 15 is 0 Å². The molecule has 4 aromatic rings. The Kier molecular flexibility index (Phi) is 8.07. The van der Waals surface area contributed by atoms with Crippen LogP contribution in [0.5, 0.6) is 0 Å². The normalized spacial score (nSPS) is 18.6. The lowest BCUT2D eigenvalue weighted by Gasteiger charge is -2.33. The van der Waals surface area contributed by atoms with E-state index in [9.17, 15) is 22.8 Å². The second-order valence-electron chi connectivity index (χ2n) is 11.2. The Balaban J connectivity index is 1.36. The molecule has 0 spiro atoms. The van der Waals surface area contributed by atoms with Gasteiger partial charge in [0.05, 0.1) is 22.5 Å². The summed E-state index contributed by atoms with van der Waals surface area (Å²) in [5.74, 6) is -0.305. The SMILES string of the molecule is Nc1ncc2c3c1c(-c1ccc(C(=O)Nc4cc(C(F)(F)F)ccn4)cc1)nn3[C@@H]1CCCN(C1)C(=O)CCCCC/C=C/2. The summed E-state index contributed by atoms with van der Waals surface area (Å²) >= 11 is 0. The van der Waals surface area contributed by atoms with E-state index in [2.05, 4.69) is 27.4 Å². The molecule has 0 saturated carbocycles. The van der Waals surface area contributed by atoms with Crippen LogP contribution in [0.1, 0.15) is 72.5 Å². The highest BCUT2D eigenvalue weighted by Gasteiger charge is 2.31. The molecule has 0 radical (unpaired) electrons. The summed E-state index contributed by atoms with van der Waals surface area (Å²) in [5.41, 5.74) is 8.82. The molecule has 9 nitrogen and oxygen atoms in total. The first-order valence-corrected chi connectivity index (χ1v) is 14.7. The number of nitrogens with zero attached hydrogens (tertiary/aromatic N) is 5. The smallest absolute Gasteiger partial charge is 0.383 e. The van der Waals surface area contributed by atoms with Gasteiger partial charge in [-0.25, -0.2) is 9.97 Å². The highest BCUT2D eigenvalue weighted by Crippen LogP contribution is 2.37. The highest BCUT2D eigenvalue weighted by molar-refractivity contribution is 6.06. The molecule has 3 aromatic heterocycles. The van der Waals surface area contributed by atoms with Crippen molar-refractivity contribution < 1.29 is 22.8 Å². The lowest BCUT2D eigenvalue weighted by Crippen LogP contribution is -2.40. The quantitative estimate of drug-likeness (QED) is 0.276. The van der Waals surface area contributed by atoms with Crippen molar-refractivity contribution in [1.29, 1.82) is 0 Å². The molecule has 12 heteroatoms. The average Bonchev–Trinajstić information content (AvgIpc) is 3.43. The van der Waals surface area contributed by atoms with Crippen molar-refractivity contribution in [3.8, 4) is 11.3 Å². The van der Waals surface area contributed by atoms with E-state index in [1.165, 1.54) is 0 Å². The van der Waals surface area contributed by atoms with Gasteiger partial charge in [-0.2, -0.15) is 18.3 Å². The van der Waals surface area contributed by atoms with Crippen molar-refractivity contribution in [2.24, 2.45) is 0 Å². The van der Waals surface area contributed by atoms with Gasteiger partial charge in [0.25, 0.3) is 5.91 Å². The van der Waals surface area contributed by atoms with Gasteiger partial charge in [0.2, 0.25) is 5.91 Å². The molecule has 0 aliphatic carbocycles. The van der Waals surface area contributed by atoms with Crippen LogP contribution in [0.3, 0.4) is 0 Å². The van der Waals surface area contributed by atoms with E-state index in [-0.39, 0.29) is 23.3 Å². The molecule has 1 fully saturated rings. The van der Waals surface area contributed by atoms with E-state index < -0.39 is 17.6 Å². The summed E-state index contributed by atoms with van der Waals surface area (Å²) in [5, 5.41) is 8.17. The van der Waals surface area contributed by atoms with Crippen molar-refractivity contribution in [3.63, 3.8) is 0 Å². The van der Waals surface area contributed by atoms with Gasteiger partial charge in [-0.15, -0.1) is 0 Å². The number of nitrogens with one attached hydrogen (secondary N) is 1. The number of alkyl halides is 3. The zero-order valence-electron chi connectivity index (χ0n) is 24.0. The topological polar surface area (TPSA) is 119 Å². The summed E-state index contributed by atoms with van der Waals surface area (Å²) in [6.45, 7) is 1.29. The Morgan fingerprint density at radius 1 is 1.05 bits per heavy atom. The Hall–Kier alpha value is -4.74. The minimum atomic E-state index is -4.55. The number of rotatable bonds is 3. The first-order chi connectivity index (χ1) is 21.2. The van der Waals surface area contributed by atoms with Crippen LogP contribution in [0, 0.1) is 0 Å². The minimum Gasteiger partial charge on any atom is -0.383 e. The molecule has 2 aliphatic rings. The molecule has 2 amide bonds. The molecular formula is C32H32F3N7O2. The molecule has 1 atom stereocenters. The van der Waals surface area contributed by atoms with Gasteiger partial charge in [-0.3, -0.25) is 14.3 Å². The molecule has 228 valence electrons. The maximum Gasteiger partial charge on any atom is 0.416 e. The Morgan fingerprint density at radius 3 is 2.66 bits per heavy atom. The molecule has 6 rings (SSSR count). The number of hydrogen-bond acceptors (Lipinski definition) is 6. The van der Waals surface area contributed by atoms with E-state index in [0.29, 0.717) is 35.4 Å². The van der Waals surface area contributed by atoms with Crippen molar-refractivity contribution in [2.75, 3.05) is 24.1 Å². The van der Waals surface area contributed by atoms with E-state index in [0.717, 1.165) is 74.5 Å². The van der Waals surface area contributed by atoms with Gasteiger partial charge in [0.1, 0.15) is 17.3 Å². The molecular weight excluding hydrogens is 571 g/mol. The van der Waals surface area contributed by atoms with Crippen molar-refractivity contribution in [3.05, 3.63) is 71.6 Å². The maximum atomic E-state index is 13.1. The molecule has 44 heavy (non-hydrogen) atoms. The zero-order valence-corrected chi connectivity index (χ0v) is 24.0. The number of fused-ring (bicyclic) bond motifs is 3. The van der Waals surface area contributed by atoms with Crippen molar-refractivity contribution in [1.82, 2.24) is 24.6 Å². The van der Waals surface area contributed by atoms with Crippen molar-refractivity contribution >= 4 is 40.4 Å². The lowest BCUT2D eigenvalue weighted by molar-refractivity contribution is -0.137. The number of amides is 2. The first-order valence-electron chi connectivity index (χ1n) is 14.7. The summed E-state index contributed by atoms with van der Waals surface area (Å²) in [4.78, 5) is 36.1. The molecule has 2 bridgehead atoms. The van der Waals surface area contributed by atoms with Gasteiger partial charge in [0, 0.05) is 48.6 Å². The highest BCUT2D eigenvalue weighted by atomic mass is 19.4. The van der Waals surface area contributed by atoms with Crippen LogP contribution >= 0.6 is 0 Å². The number of nitrogen functional groups attached to an aromatic ring is 1. The molecule has 1 aromatic carbocycles. The number of pyridine rings is 2. The number of allylic oxidation sites excluding steroid dienone is 1.